The fourth-order valence-corrected chi connectivity index (χ4v) is 2.98. The van der Waals surface area contributed by atoms with E-state index < -0.39 is 0 Å². The van der Waals surface area contributed by atoms with Crippen molar-refractivity contribution in [3.63, 3.8) is 0 Å². The molecule has 106 valence electrons. The second kappa shape index (κ2) is 6.90. The van der Waals surface area contributed by atoms with Crippen molar-refractivity contribution < 1.29 is 0 Å². The number of aromatic nitrogens is 1. The maximum absolute atomic E-state index is 5.82. The van der Waals surface area contributed by atoms with E-state index in [1.807, 2.05) is 36.0 Å². The van der Waals surface area contributed by atoms with Crippen LogP contribution < -0.4 is 11.1 Å². The van der Waals surface area contributed by atoms with Gasteiger partial charge >= 0.3 is 0 Å². The van der Waals surface area contributed by atoms with Crippen LogP contribution in [0.4, 0.5) is 5.69 Å². The Kier molecular flexibility index (Phi) is 5.20. The molecule has 0 aliphatic heterocycles. The summed E-state index contributed by atoms with van der Waals surface area (Å²) in [7, 11) is 0. The SMILES string of the molecule is CSCC(C)CNc1c(C(N)=S)cnc2ccccc12. The van der Waals surface area contributed by atoms with Crippen LogP contribution in [0.1, 0.15) is 12.5 Å². The van der Waals surface area contributed by atoms with Crippen LogP contribution >= 0.6 is 24.0 Å². The first kappa shape index (κ1) is 15.1. The van der Waals surface area contributed by atoms with Crippen molar-refractivity contribution in [1.29, 1.82) is 0 Å². The average Bonchev–Trinajstić information content (AvgIpc) is 2.44. The van der Waals surface area contributed by atoms with Gasteiger partial charge in [-0.15, -0.1) is 0 Å². The molecule has 0 aliphatic carbocycles. The van der Waals surface area contributed by atoms with Crippen molar-refractivity contribution >= 4 is 45.6 Å². The molecule has 0 saturated carbocycles. The lowest BCUT2D eigenvalue weighted by Crippen LogP contribution is -2.18. The molecule has 1 unspecified atom stereocenters. The highest BCUT2D eigenvalue weighted by Gasteiger charge is 2.11. The molecule has 0 radical (unpaired) electrons. The Morgan fingerprint density at radius 2 is 2.20 bits per heavy atom. The normalized spacial score (nSPS) is 12.3. The highest BCUT2D eigenvalue weighted by Crippen LogP contribution is 2.26. The molecule has 0 bridgehead atoms. The molecule has 0 amide bonds. The molecular weight excluding hydrogens is 286 g/mol. The molecule has 2 aromatic rings. The summed E-state index contributed by atoms with van der Waals surface area (Å²) in [5.41, 5.74) is 8.58. The summed E-state index contributed by atoms with van der Waals surface area (Å²) >= 11 is 6.99. The van der Waals surface area contributed by atoms with E-state index >= 15 is 0 Å². The molecule has 1 aromatic carbocycles. The monoisotopic (exact) mass is 305 g/mol. The number of nitrogens with zero attached hydrogens (tertiary/aromatic N) is 1. The number of pyridine rings is 1. The van der Waals surface area contributed by atoms with Crippen LogP contribution in [-0.4, -0.2) is 28.5 Å². The van der Waals surface area contributed by atoms with E-state index in [-0.39, 0.29) is 0 Å². The van der Waals surface area contributed by atoms with Gasteiger partial charge in [0.1, 0.15) is 4.99 Å². The van der Waals surface area contributed by atoms with Crippen molar-refractivity contribution in [2.24, 2.45) is 11.7 Å². The molecule has 2 rings (SSSR count). The quantitative estimate of drug-likeness (QED) is 0.802. The first-order chi connectivity index (χ1) is 9.63. The van der Waals surface area contributed by atoms with Gasteiger partial charge in [0.15, 0.2) is 0 Å². The van der Waals surface area contributed by atoms with E-state index in [2.05, 4.69) is 23.5 Å². The molecule has 1 aromatic heterocycles. The van der Waals surface area contributed by atoms with Gasteiger partial charge in [-0.1, -0.05) is 37.3 Å². The van der Waals surface area contributed by atoms with E-state index in [0.29, 0.717) is 10.9 Å². The summed E-state index contributed by atoms with van der Waals surface area (Å²) in [6, 6.07) is 8.03. The first-order valence-electron chi connectivity index (χ1n) is 6.53. The molecule has 1 atom stereocenters. The number of nitrogens with two attached hydrogens (primary N) is 1. The fourth-order valence-electron chi connectivity index (χ4n) is 2.14. The minimum Gasteiger partial charge on any atom is -0.389 e. The van der Waals surface area contributed by atoms with Crippen LogP contribution in [-0.2, 0) is 0 Å². The Hall–Kier alpha value is -1.33. The van der Waals surface area contributed by atoms with Crippen LogP contribution in [0.25, 0.3) is 10.9 Å². The maximum atomic E-state index is 5.82. The minimum atomic E-state index is 0.378. The lowest BCUT2D eigenvalue weighted by Gasteiger charge is -2.17. The van der Waals surface area contributed by atoms with Crippen molar-refractivity contribution in [1.82, 2.24) is 4.98 Å². The number of thiocarbonyl (C=S) groups is 1. The van der Waals surface area contributed by atoms with Crippen molar-refractivity contribution in [3.05, 3.63) is 36.0 Å². The molecule has 0 spiro atoms. The summed E-state index contributed by atoms with van der Waals surface area (Å²) in [4.78, 5) is 4.79. The number of para-hydroxylation sites is 1. The smallest absolute Gasteiger partial charge is 0.107 e. The molecule has 0 saturated heterocycles. The van der Waals surface area contributed by atoms with E-state index in [1.54, 1.807) is 6.20 Å². The lowest BCUT2D eigenvalue weighted by atomic mass is 10.1. The van der Waals surface area contributed by atoms with Crippen LogP contribution in [0.2, 0.25) is 0 Å². The molecule has 0 fully saturated rings. The molecule has 3 nitrogen and oxygen atoms in total. The van der Waals surface area contributed by atoms with Gasteiger partial charge in [0.2, 0.25) is 0 Å². The molecular formula is C15H19N3S2. The summed E-state index contributed by atoms with van der Waals surface area (Å²) < 4.78 is 0. The van der Waals surface area contributed by atoms with Gasteiger partial charge < -0.3 is 11.1 Å². The molecule has 0 aliphatic rings. The largest absolute Gasteiger partial charge is 0.389 e. The van der Waals surface area contributed by atoms with Crippen LogP contribution in [0.3, 0.4) is 0 Å². The molecule has 3 N–H and O–H groups in total. The number of nitrogens with one attached hydrogen (secondary N) is 1. The average molecular weight is 305 g/mol. The van der Waals surface area contributed by atoms with E-state index in [1.165, 1.54) is 0 Å². The summed E-state index contributed by atoms with van der Waals surface area (Å²) in [5, 5.41) is 4.57. The zero-order chi connectivity index (χ0) is 14.5. The van der Waals surface area contributed by atoms with Crippen molar-refractivity contribution in [2.45, 2.75) is 6.92 Å². The Bertz CT molecular complexity index is 613. The van der Waals surface area contributed by atoms with Crippen molar-refractivity contribution in [2.75, 3.05) is 23.9 Å². The van der Waals surface area contributed by atoms with Gasteiger partial charge in [-0.3, -0.25) is 4.98 Å². The third kappa shape index (κ3) is 3.41. The Balaban J connectivity index is 2.37. The highest BCUT2D eigenvalue weighted by atomic mass is 32.2. The number of thioether (sulfide) groups is 1. The Morgan fingerprint density at radius 1 is 1.45 bits per heavy atom. The topological polar surface area (TPSA) is 50.9 Å². The minimum absolute atomic E-state index is 0.378. The van der Waals surface area contributed by atoms with E-state index in [9.17, 15) is 0 Å². The predicted octanol–water partition coefficient (Wildman–Crippen LogP) is 3.28. The van der Waals surface area contributed by atoms with Crippen LogP contribution in [0.5, 0.6) is 0 Å². The Morgan fingerprint density at radius 3 is 2.90 bits per heavy atom. The zero-order valence-electron chi connectivity index (χ0n) is 11.7. The molecule has 1 heterocycles. The number of benzene rings is 1. The number of rotatable bonds is 6. The molecule has 20 heavy (non-hydrogen) atoms. The van der Waals surface area contributed by atoms with Gasteiger partial charge in [-0.05, 0) is 24.0 Å². The standard InChI is InChI=1S/C15H19N3S2/c1-10(9-20-2)7-18-14-11-5-3-4-6-13(11)17-8-12(14)15(16)19/h3-6,8,10H,7,9H2,1-2H3,(H2,16,19)(H,17,18). The molecule has 5 heteroatoms. The summed E-state index contributed by atoms with van der Waals surface area (Å²) in [6.07, 6.45) is 3.88. The van der Waals surface area contributed by atoms with Crippen LogP contribution in [0, 0.1) is 5.92 Å². The van der Waals surface area contributed by atoms with Gasteiger partial charge in [0.25, 0.3) is 0 Å². The second-order valence-electron chi connectivity index (χ2n) is 4.87. The third-order valence-electron chi connectivity index (χ3n) is 3.12. The van der Waals surface area contributed by atoms with Gasteiger partial charge in [0, 0.05) is 18.1 Å². The van der Waals surface area contributed by atoms with Crippen molar-refractivity contribution in [3.8, 4) is 0 Å². The summed E-state index contributed by atoms with van der Waals surface area (Å²) in [5.74, 6) is 1.70. The van der Waals surface area contributed by atoms with Gasteiger partial charge in [-0.2, -0.15) is 11.8 Å². The maximum Gasteiger partial charge on any atom is 0.107 e. The highest BCUT2D eigenvalue weighted by molar-refractivity contribution is 7.98. The Labute approximate surface area is 129 Å². The van der Waals surface area contributed by atoms with Gasteiger partial charge in [0.05, 0.1) is 16.8 Å². The summed E-state index contributed by atoms with van der Waals surface area (Å²) in [6.45, 7) is 3.12. The number of fused-ring (bicyclic) bond motifs is 1. The van der Waals surface area contributed by atoms with E-state index in [4.69, 9.17) is 18.0 Å². The van der Waals surface area contributed by atoms with E-state index in [0.717, 1.165) is 34.5 Å². The van der Waals surface area contributed by atoms with Gasteiger partial charge in [-0.25, -0.2) is 0 Å². The first-order valence-corrected chi connectivity index (χ1v) is 8.34. The predicted molar refractivity (Wildman–Crippen MR) is 93.7 cm³/mol. The second-order valence-corrected chi connectivity index (χ2v) is 6.22. The third-order valence-corrected chi connectivity index (χ3v) is 4.24. The number of anilines is 1. The number of hydrogen-bond acceptors (Lipinski definition) is 4. The number of hydrogen-bond donors (Lipinski definition) is 2. The lowest BCUT2D eigenvalue weighted by molar-refractivity contribution is 0.702. The zero-order valence-corrected chi connectivity index (χ0v) is 13.4. The fraction of sp³-hybridized carbons (Fsp3) is 0.333. The van der Waals surface area contributed by atoms with Crippen LogP contribution in [0.15, 0.2) is 30.5 Å².